The van der Waals surface area contributed by atoms with Crippen LogP contribution in [-0.4, -0.2) is 22.5 Å². The lowest BCUT2D eigenvalue weighted by molar-refractivity contribution is -0.123. The van der Waals surface area contributed by atoms with Crippen molar-refractivity contribution < 1.29 is 14.3 Å². The van der Waals surface area contributed by atoms with Crippen molar-refractivity contribution in [3.63, 3.8) is 0 Å². The molecular formula is C25H18Br2N2O3. The molecule has 1 heterocycles. The Hall–Kier alpha value is -3.03. The minimum atomic E-state index is -0.448. The van der Waals surface area contributed by atoms with E-state index in [1.165, 1.54) is 0 Å². The van der Waals surface area contributed by atoms with Crippen LogP contribution < -0.4 is 4.74 Å². The summed E-state index contributed by atoms with van der Waals surface area (Å²) in [6, 6.07) is 22.1. The van der Waals surface area contributed by atoms with Crippen LogP contribution in [0, 0.1) is 0 Å². The number of rotatable bonds is 5. The summed E-state index contributed by atoms with van der Waals surface area (Å²) in [5.74, 6) is -0.196. The van der Waals surface area contributed by atoms with Gasteiger partial charge in [-0.25, -0.2) is 0 Å². The van der Waals surface area contributed by atoms with Crippen molar-refractivity contribution in [1.29, 1.82) is 0 Å². The number of nitrogens with zero attached hydrogens (tertiary/aromatic N) is 2. The molecule has 0 aromatic heterocycles. The summed E-state index contributed by atoms with van der Waals surface area (Å²) in [5, 5.41) is 5.09. The van der Waals surface area contributed by atoms with E-state index in [9.17, 15) is 9.59 Å². The van der Waals surface area contributed by atoms with Crippen molar-refractivity contribution in [1.82, 2.24) is 5.01 Å². The average Bonchev–Trinajstić information content (AvgIpc) is 3.08. The van der Waals surface area contributed by atoms with E-state index in [1.807, 2.05) is 48.5 Å². The van der Waals surface area contributed by atoms with E-state index in [4.69, 9.17) is 4.74 Å². The van der Waals surface area contributed by atoms with Gasteiger partial charge in [0, 0.05) is 10.0 Å². The highest BCUT2D eigenvalue weighted by Crippen LogP contribution is 2.29. The SMILES string of the molecule is CC1=NN(C(=O)c2ccccc2)C(=O)/C1=C/c1ccc(OCc2ccc(Br)cc2)c(Br)c1. The molecule has 32 heavy (non-hydrogen) atoms. The second-order valence-electron chi connectivity index (χ2n) is 7.14. The number of ether oxygens (including phenoxy) is 1. The Bertz CT molecular complexity index is 1240. The highest BCUT2D eigenvalue weighted by Gasteiger charge is 2.32. The third-order valence-corrected chi connectivity index (χ3v) is 6.00. The molecule has 3 aromatic rings. The van der Waals surface area contributed by atoms with Crippen LogP contribution >= 0.6 is 31.9 Å². The summed E-state index contributed by atoms with van der Waals surface area (Å²) in [6.07, 6.45) is 1.72. The van der Waals surface area contributed by atoms with Crippen molar-refractivity contribution in [3.05, 3.63) is 104 Å². The van der Waals surface area contributed by atoms with E-state index >= 15 is 0 Å². The van der Waals surface area contributed by atoms with Gasteiger partial charge in [0.25, 0.3) is 11.8 Å². The predicted octanol–water partition coefficient (Wildman–Crippen LogP) is 6.23. The lowest BCUT2D eigenvalue weighted by atomic mass is 10.1. The van der Waals surface area contributed by atoms with Gasteiger partial charge in [-0.15, -0.1) is 0 Å². The molecule has 3 aromatic carbocycles. The van der Waals surface area contributed by atoms with Gasteiger partial charge in [-0.05, 0) is 76.5 Å². The molecule has 0 aliphatic carbocycles. The number of halogens is 2. The van der Waals surface area contributed by atoms with Crippen molar-refractivity contribution in [2.24, 2.45) is 5.10 Å². The summed E-state index contributed by atoms with van der Waals surface area (Å²) < 4.78 is 7.68. The number of hydrazone groups is 1. The van der Waals surface area contributed by atoms with Crippen LogP contribution in [-0.2, 0) is 11.4 Å². The standard InChI is InChI=1S/C25H18Br2N2O3/c1-16-21(25(31)29(28-16)24(30)19-5-3-2-4-6-19)13-18-9-12-23(22(27)14-18)32-15-17-7-10-20(26)11-8-17/h2-14H,15H2,1H3/b21-13+. The molecule has 160 valence electrons. The molecular weight excluding hydrogens is 536 g/mol. The molecule has 0 atom stereocenters. The minimum Gasteiger partial charge on any atom is -0.488 e. The molecule has 1 aliphatic rings. The fraction of sp³-hybridized carbons (Fsp3) is 0.0800. The second kappa shape index (κ2) is 9.63. The molecule has 1 aliphatic heterocycles. The molecule has 5 nitrogen and oxygen atoms in total. The zero-order chi connectivity index (χ0) is 22.7. The van der Waals surface area contributed by atoms with Crippen LogP contribution in [0.3, 0.4) is 0 Å². The van der Waals surface area contributed by atoms with Gasteiger partial charge in [-0.2, -0.15) is 10.1 Å². The fourth-order valence-electron chi connectivity index (χ4n) is 3.16. The van der Waals surface area contributed by atoms with Gasteiger partial charge >= 0.3 is 0 Å². The van der Waals surface area contributed by atoms with E-state index in [1.54, 1.807) is 37.3 Å². The molecule has 0 fully saturated rings. The molecule has 4 rings (SSSR count). The number of hydrogen-bond acceptors (Lipinski definition) is 4. The van der Waals surface area contributed by atoms with Gasteiger partial charge in [0.15, 0.2) is 0 Å². The molecule has 2 amide bonds. The van der Waals surface area contributed by atoms with Crippen molar-refractivity contribution in [2.75, 3.05) is 0 Å². The number of amides is 2. The summed E-state index contributed by atoms with van der Waals surface area (Å²) >= 11 is 6.96. The van der Waals surface area contributed by atoms with Crippen LogP contribution in [0.2, 0.25) is 0 Å². The van der Waals surface area contributed by atoms with Crippen LogP contribution in [0.1, 0.15) is 28.4 Å². The summed E-state index contributed by atoms with van der Waals surface area (Å²) in [5.41, 5.74) is 3.13. The number of imide groups is 1. The summed E-state index contributed by atoms with van der Waals surface area (Å²) in [4.78, 5) is 25.5. The summed E-state index contributed by atoms with van der Waals surface area (Å²) in [6.45, 7) is 2.15. The van der Waals surface area contributed by atoms with Gasteiger partial charge in [-0.3, -0.25) is 9.59 Å². The van der Waals surface area contributed by atoms with Crippen molar-refractivity contribution in [2.45, 2.75) is 13.5 Å². The highest BCUT2D eigenvalue weighted by molar-refractivity contribution is 9.10. The normalized spacial score (nSPS) is 14.6. The second-order valence-corrected chi connectivity index (χ2v) is 8.91. The van der Waals surface area contributed by atoms with Gasteiger partial charge in [0.05, 0.1) is 15.8 Å². The molecule has 0 spiro atoms. The fourth-order valence-corrected chi connectivity index (χ4v) is 3.93. The van der Waals surface area contributed by atoms with Crippen molar-refractivity contribution >= 4 is 55.5 Å². The van der Waals surface area contributed by atoms with E-state index in [-0.39, 0.29) is 0 Å². The van der Waals surface area contributed by atoms with Crippen LogP contribution in [0.25, 0.3) is 6.08 Å². The zero-order valence-electron chi connectivity index (χ0n) is 17.1. The Morgan fingerprint density at radius 1 is 1.03 bits per heavy atom. The number of carbonyl (C=O) groups is 2. The monoisotopic (exact) mass is 552 g/mol. The van der Waals surface area contributed by atoms with Gasteiger partial charge < -0.3 is 4.74 Å². The Morgan fingerprint density at radius 2 is 1.75 bits per heavy atom. The van der Waals surface area contributed by atoms with E-state index in [0.29, 0.717) is 29.2 Å². The lowest BCUT2D eigenvalue weighted by Crippen LogP contribution is -2.29. The first-order valence-corrected chi connectivity index (χ1v) is 11.4. The quantitative estimate of drug-likeness (QED) is 0.278. The Balaban J connectivity index is 1.49. The maximum Gasteiger partial charge on any atom is 0.283 e. The Morgan fingerprint density at radius 3 is 2.44 bits per heavy atom. The molecule has 0 N–H and O–H groups in total. The lowest BCUT2D eigenvalue weighted by Gasteiger charge is -2.10. The van der Waals surface area contributed by atoms with E-state index in [0.717, 1.165) is 25.1 Å². The van der Waals surface area contributed by atoms with Crippen molar-refractivity contribution in [3.8, 4) is 5.75 Å². The van der Waals surface area contributed by atoms with Gasteiger partial charge in [0.1, 0.15) is 12.4 Å². The maximum absolute atomic E-state index is 12.9. The van der Waals surface area contributed by atoms with Gasteiger partial charge in [0.2, 0.25) is 0 Å². The Kier molecular flexibility index (Phi) is 6.67. The molecule has 0 unspecified atom stereocenters. The highest BCUT2D eigenvalue weighted by atomic mass is 79.9. The van der Waals surface area contributed by atoms with Crippen LogP contribution in [0.5, 0.6) is 5.75 Å². The molecule has 0 bridgehead atoms. The smallest absolute Gasteiger partial charge is 0.283 e. The number of benzene rings is 3. The Labute approximate surface area is 202 Å². The molecule has 0 saturated carbocycles. The topological polar surface area (TPSA) is 59.0 Å². The number of carbonyl (C=O) groups excluding carboxylic acids is 2. The predicted molar refractivity (Wildman–Crippen MR) is 131 cm³/mol. The third kappa shape index (κ3) is 4.89. The van der Waals surface area contributed by atoms with Crippen LogP contribution in [0.4, 0.5) is 0 Å². The molecule has 0 saturated heterocycles. The first-order chi connectivity index (χ1) is 15.4. The minimum absolute atomic E-state index is 0.379. The third-order valence-electron chi connectivity index (χ3n) is 4.85. The van der Waals surface area contributed by atoms with E-state index < -0.39 is 11.8 Å². The first-order valence-electron chi connectivity index (χ1n) is 9.80. The molecule has 0 radical (unpaired) electrons. The maximum atomic E-state index is 12.9. The zero-order valence-corrected chi connectivity index (χ0v) is 20.3. The molecule has 7 heteroatoms. The van der Waals surface area contributed by atoms with Crippen LogP contribution in [0.15, 0.2) is 92.4 Å². The average molecular weight is 554 g/mol. The number of hydrogen-bond donors (Lipinski definition) is 0. The van der Waals surface area contributed by atoms with Gasteiger partial charge in [-0.1, -0.05) is 52.3 Å². The summed E-state index contributed by atoms with van der Waals surface area (Å²) in [7, 11) is 0. The largest absolute Gasteiger partial charge is 0.488 e. The van der Waals surface area contributed by atoms with E-state index in [2.05, 4.69) is 37.0 Å². The first kappa shape index (κ1) is 22.2.